The van der Waals surface area contributed by atoms with Gasteiger partial charge in [0.1, 0.15) is 0 Å². The first kappa shape index (κ1) is 30.0. The van der Waals surface area contributed by atoms with Crippen molar-refractivity contribution in [3.05, 3.63) is 59.7 Å². The third-order valence-corrected chi connectivity index (χ3v) is 12.2. The van der Waals surface area contributed by atoms with Crippen molar-refractivity contribution >= 4 is 11.4 Å². The predicted molar refractivity (Wildman–Crippen MR) is 170 cm³/mol. The standard InChI is InChI=1S/C36H47F3N4O2/c1-3-40-19-29-16-34(29,23-40)27-4-8-31(9-5-27)43-18-26(2)45-32(20-43)17-33-21-35(33,24-41(22-33)25-36(37,38)39)28-6-10-30(11-7-28)42-12-14-44-15-13-42/h4-11,26,29,32H,3,12-25H2,1-2H3. The summed E-state index contributed by atoms with van der Waals surface area (Å²) in [5.74, 6) is 0.799. The lowest BCUT2D eigenvalue weighted by Crippen LogP contribution is -2.48. The first-order chi connectivity index (χ1) is 21.6. The number of morpholine rings is 2. The normalized spacial score (nSPS) is 36.7. The molecule has 2 aliphatic carbocycles. The number of fused-ring (bicyclic) bond motifs is 2. The highest BCUT2D eigenvalue weighted by Gasteiger charge is 2.73. The van der Waals surface area contributed by atoms with Crippen molar-refractivity contribution in [1.82, 2.24) is 9.80 Å². The number of benzene rings is 2. The zero-order valence-electron chi connectivity index (χ0n) is 26.7. The van der Waals surface area contributed by atoms with Gasteiger partial charge in [0.15, 0.2) is 0 Å². The summed E-state index contributed by atoms with van der Waals surface area (Å²) in [6.45, 7) is 12.8. The summed E-state index contributed by atoms with van der Waals surface area (Å²) in [5.41, 5.74) is 4.92. The molecule has 8 rings (SSSR count). The van der Waals surface area contributed by atoms with Crippen molar-refractivity contribution in [3.8, 4) is 0 Å². The van der Waals surface area contributed by atoms with Crippen LogP contribution in [-0.4, -0.2) is 107 Å². The van der Waals surface area contributed by atoms with Crippen LogP contribution in [0.2, 0.25) is 0 Å². The quantitative estimate of drug-likeness (QED) is 0.396. The molecule has 6 atom stereocenters. The van der Waals surface area contributed by atoms with E-state index in [4.69, 9.17) is 9.47 Å². The molecule has 6 nitrogen and oxygen atoms in total. The van der Waals surface area contributed by atoms with E-state index < -0.39 is 12.7 Å². The molecule has 0 bridgehead atoms. The van der Waals surface area contributed by atoms with Gasteiger partial charge in [0, 0.05) is 74.6 Å². The largest absolute Gasteiger partial charge is 0.401 e. The molecule has 6 aliphatic rings. The van der Waals surface area contributed by atoms with Crippen LogP contribution in [0.4, 0.5) is 24.5 Å². The molecule has 0 radical (unpaired) electrons. The Hall–Kier alpha value is -2.33. The molecule has 2 saturated carbocycles. The SMILES string of the molecule is CCN1CC2CC2(c2ccc(N3CC(C)OC(CC45CN(CC(F)(F)F)CC4(c4ccc(N6CCOCC6)cc4)C5)C3)cc2)C1. The van der Waals surface area contributed by atoms with Gasteiger partial charge in [0.2, 0.25) is 0 Å². The number of rotatable bonds is 8. The molecule has 6 fully saturated rings. The lowest BCUT2D eigenvalue weighted by atomic mass is 9.84. The smallest absolute Gasteiger partial charge is 0.378 e. The van der Waals surface area contributed by atoms with Gasteiger partial charge in [-0.2, -0.15) is 13.2 Å². The maximum Gasteiger partial charge on any atom is 0.401 e. The lowest BCUT2D eigenvalue weighted by Gasteiger charge is -2.40. The Bertz CT molecular complexity index is 1380. The minimum absolute atomic E-state index is 0.0203. The van der Waals surface area contributed by atoms with Gasteiger partial charge in [-0.15, -0.1) is 0 Å². The van der Waals surface area contributed by atoms with E-state index in [9.17, 15) is 13.2 Å². The monoisotopic (exact) mass is 624 g/mol. The molecule has 9 heteroatoms. The van der Waals surface area contributed by atoms with E-state index in [0.29, 0.717) is 18.5 Å². The Labute approximate surface area is 265 Å². The summed E-state index contributed by atoms with van der Waals surface area (Å²) in [7, 11) is 0. The number of nitrogens with zero attached hydrogens (tertiary/aromatic N) is 4. The highest BCUT2D eigenvalue weighted by atomic mass is 19.4. The Kier molecular flexibility index (Phi) is 7.25. The predicted octanol–water partition coefficient (Wildman–Crippen LogP) is 5.31. The van der Waals surface area contributed by atoms with Crippen molar-refractivity contribution in [2.45, 2.75) is 62.3 Å². The molecule has 45 heavy (non-hydrogen) atoms. The molecule has 2 aromatic rings. The third kappa shape index (κ3) is 5.35. The topological polar surface area (TPSA) is 31.4 Å². The molecule has 0 spiro atoms. The second-order valence-corrected chi connectivity index (χ2v) is 15.1. The second kappa shape index (κ2) is 10.9. The Morgan fingerprint density at radius 2 is 1.51 bits per heavy atom. The molecule has 4 aliphatic heterocycles. The van der Waals surface area contributed by atoms with Crippen LogP contribution in [-0.2, 0) is 20.3 Å². The molecular formula is C36H47F3N4O2. The molecule has 0 N–H and O–H groups in total. The molecule has 2 aromatic carbocycles. The molecule has 6 unspecified atom stereocenters. The van der Waals surface area contributed by atoms with Gasteiger partial charge in [-0.25, -0.2) is 0 Å². The Morgan fingerprint density at radius 1 is 0.822 bits per heavy atom. The molecule has 0 aromatic heterocycles. The zero-order chi connectivity index (χ0) is 31.0. The van der Waals surface area contributed by atoms with Gasteiger partial charge in [-0.05, 0) is 79.5 Å². The third-order valence-electron chi connectivity index (χ3n) is 12.2. The van der Waals surface area contributed by atoms with Crippen molar-refractivity contribution < 1.29 is 22.6 Å². The van der Waals surface area contributed by atoms with Gasteiger partial charge in [0.25, 0.3) is 0 Å². The second-order valence-electron chi connectivity index (χ2n) is 15.1. The number of alkyl halides is 3. The van der Waals surface area contributed by atoms with Crippen LogP contribution in [0.3, 0.4) is 0 Å². The highest BCUT2D eigenvalue weighted by Crippen LogP contribution is 2.71. The van der Waals surface area contributed by atoms with Crippen LogP contribution in [0.1, 0.15) is 44.2 Å². The Morgan fingerprint density at radius 3 is 2.18 bits per heavy atom. The molecule has 244 valence electrons. The van der Waals surface area contributed by atoms with Crippen LogP contribution in [0, 0.1) is 11.3 Å². The van der Waals surface area contributed by atoms with E-state index in [0.717, 1.165) is 70.4 Å². The summed E-state index contributed by atoms with van der Waals surface area (Å²) in [5, 5.41) is 0. The van der Waals surface area contributed by atoms with Gasteiger partial charge in [-0.1, -0.05) is 31.2 Å². The number of ether oxygens (including phenoxy) is 2. The summed E-state index contributed by atoms with van der Waals surface area (Å²) in [6.07, 6.45) is -1.15. The average molecular weight is 625 g/mol. The van der Waals surface area contributed by atoms with E-state index >= 15 is 0 Å². The van der Waals surface area contributed by atoms with Crippen molar-refractivity contribution in [2.75, 3.05) is 88.5 Å². The molecule has 0 amide bonds. The minimum atomic E-state index is -4.20. The number of piperidine rings is 2. The fourth-order valence-corrected chi connectivity index (χ4v) is 9.92. The van der Waals surface area contributed by atoms with E-state index in [-0.39, 0.29) is 23.0 Å². The first-order valence-electron chi connectivity index (χ1n) is 17.1. The van der Waals surface area contributed by atoms with Gasteiger partial charge < -0.3 is 24.2 Å². The maximum atomic E-state index is 13.6. The summed E-state index contributed by atoms with van der Waals surface area (Å²) >= 11 is 0. The van der Waals surface area contributed by atoms with E-state index in [1.807, 2.05) is 0 Å². The summed E-state index contributed by atoms with van der Waals surface area (Å²) in [4.78, 5) is 8.99. The van der Waals surface area contributed by atoms with Gasteiger partial charge >= 0.3 is 6.18 Å². The van der Waals surface area contributed by atoms with Crippen LogP contribution < -0.4 is 9.80 Å². The fraction of sp³-hybridized carbons (Fsp3) is 0.667. The van der Waals surface area contributed by atoms with Crippen LogP contribution in [0.25, 0.3) is 0 Å². The fourth-order valence-electron chi connectivity index (χ4n) is 9.92. The Balaban J connectivity index is 0.991. The van der Waals surface area contributed by atoms with Crippen molar-refractivity contribution in [3.63, 3.8) is 0 Å². The number of likely N-dealkylation sites (N-methyl/N-ethyl adjacent to an activating group) is 1. The van der Waals surface area contributed by atoms with E-state index in [1.54, 1.807) is 4.90 Å². The van der Waals surface area contributed by atoms with Crippen molar-refractivity contribution in [2.24, 2.45) is 11.3 Å². The van der Waals surface area contributed by atoms with Gasteiger partial charge in [-0.3, -0.25) is 4.90 Å². The number of halogens is 3. The highest BCUT2D eigenvalue weighted by molar-refractivity contribution is 5.53. The molecular weight excluding hydrogens is 577 g/mol. The first-order valence-corrected chi connectivity index (χ1v) is 17.1. The average Bonchev–Trinajstić information content (AvgIpc) is 3.79. The van der Waals surface area contributed by atoms with Crippen molar-refractivity contribution in [1.29, 1.82) is 0 Å². The lowest BCUT2D eigenvalue weighted by molar-refractivity contribution is -0.145. The summed E-state index contributed by atoms with van der Waals surface area (Å²) in [6, 6.07) is 17.9. The van der Waals surface area contributed by atoms with Crippen LogP contribution in [0.15, 0.2) is 48.5 Å². The van der Waals surface area contributed by atoms with Crippen LogP contribution >= 0.6 is 0 Å². The number of anilines is 2. The maximum absolute atomic E-state index is 13.6. The summed E-state index contributed by atoms with van der Waals surface area (Å²) < 4.78 is 52.9. The zero-order valence-corrected chi connectivity index (χ0v) is 26.7. The van der Waals surface area contributed by atoms with Gasteiger partial charge in [0.05, 0.1) is 32.0 Å². The minimum Gasteiger partial charge on any atom is -0.378 e. The molecule has 4 saturated heterocycles. The van der Waals surface area contributed by atoms with Crippen LogP contribution in [0.5, 0.6) is 0 Å². The molecule has 4 heterocycles. The number of hydrogen-bond donors (Lipinski definition) is 0. The van der Waals surface area contributed by atoms with E-state index in [1.165, 1.54) is 36.3 Å². The number of likely N-dealkylation sites (tertiary alicyclic amines) is 2. The van der Waals surface area contributed by atoms with E-state index in [2.05, 4.69) is 77.1 Å². The number of hydrogen-bond acceptors (Lipinski definition) is 6.